The summed E-state index contributed by atoms with van der Waals surface area (Å²) in [5.41, 5.74) is 4.31. The number of anilines is 1. The van der Waals surface area contributed by atoms with E-state index in [4.69, 9.17) is 20.8 Å². The number of para-hydroxylation sites is 1. The van der Waals surface area contributed by atoms with Crippen LogP contribution in [0.25, 0.3) is 0 Å². The molecule has 4 rings (SSSR count). The van der Waals surface area contributed by atoms with Gasteiger partial charge in [-0.3, -0.25) is 9.48 Å². The summed E-state index contributed by atoms with van der Waals surface area (Å²) in [6, 6.07) is 18.8. The van der Waals surface area contributed by atoms with E-state index in [2.05, 4.69) is 17.0 Å². The van der Waals surface area contributed by atoms with Gasteiger partial charge >= 0.3 is 0 Å². The van der Waals surface area contributed by atoms with Gasteiger partial charge in [-0.1, -0.05) is 48.0 Å². The van der Waals surface area contributed by atoms with Crippen molar-refractivity contribution in [2.45, 2.75) is 33.4 Å². The Labute approximate surface area is 203 Å². The average molecular weight is 476 g/mol. The van der Waals surface area contributed by atoms with Crippen molar-refractivity contribution in [3.05, 3.63) is 112 Å². The highest BCUT2D eigenvalue weighted by Crippen LogP contribution is 2.24. The van der Waals surface area contributed by atoms with Gasteiger partial charge in [0.1, 0.15) is 18.1 Å². The first-order valence-electron chi connectivity index (χ1n) is 10.9. The number of furan rings is 1. The summed E-state index contributed by atoms with van der Waals surface area (Å²) in [6.45, 7) is 8.33. The second kappa shape index (κ2) is 10.4. The Kier molecular flexibility index (Phi) is 7.18. The third kappa shape index (κ3) is 5.41. The molecule has 0 radical (unpaired) electrons. The van der Waals surface area contributed by atoms with E-state index in [1.54, 1.807) is 12.1 Å². The van der Waals surface area contributed by atoms with E-state index in [9.17, 15) is 4.79 Å². The summed E-state index contributed by atoms with van der Waals surface area (Å²) in [6.07, 6.45) is 2.55. The predicted octanol–water partition coefficient (Wildman–Crippen LogP) is 6.35. The summed E-state index contributed by atoms with van der Waals surface area (Å²) in [5.74, 6) is 1.19. The zero-order valence-corrected chi connectivity index (χ0v) is 19.9. The minimum Gasteiger partial charge on any atom is -0.485 e. The molecule has 6 nitrogen and oxygen atoms in total. The molecule has 0 bridgehead atoms. The Morgan fingerprint density at radius 2 is 2.00 bits per heavy atom. The lowest BCUT2D eigenvalue weighted by atomic mass is 10.1. The molecule has 4 aromatic rings. The molecule has 0 saturated carbocycles. The summed E-state index contributed by atoms with van der Waals surface area (Å²) in [4.78, 5) is 12.8. The zero-order valence-electron chi connectivity index (χ0n) is 19.2. The first-order chi connectivity index (χ1) is 16.4. The number of carbonyl (C=O) groups is 1. The molecule has 2 aromatic carbocycles. The number of rotatable bonds is 9. The number of allylic oxidation sites excluding steroid dienone is 1. The third-order valence-electron chi connectivity index (χ3n) is 5.43. The van der Waals surface area contributed by atoms with Crippen molar-refractivity contribution < 1.29 is 13.9 Å². The monoisotopic (exact) mass is 475 g/mol. The van der Waals surface area contributed by atoms with Crippen molar-refractivity contribution in [1.29, 1.82) is 0 Å². The third-order valence-corrected chi connectivity index (χ3v) is 5.67. The molecule has 174 valence electrons. The molecule has 0 aliphatic heterocycles. The highest BCUT2D eigenvalue weighted by molar-refractivity contribution is 6.30. The second-order valence-corrected chi connectivity index (χ2v) is 8.38. The maximum Gasteiger partial charge on any atom is 0.291 e. The average Bonchev–Trinajstić information content (AvgIpc) is 3.39. The van der Waals surface area contributed by atoms with Crippen LogP contribution in [0.3, 0.4) is 0 Å². The molecule has 34 heavy (non-hydrogen) atoms. The van der Waals surface area contributed by atoms with Crippen LogP contribution < -0.4 is 10.1 Å². The number of benzene rings is 2. The molecule has 0 atom stereocenters. The van der Waals surface area contributed by atoms with E-state index in [0.29, 0.717) is 29.4 Å². The number of hydrogen-bond acceptors (Lipinski definition) is 4. The molecule has 7 heteroatoms. The Morgan fingerprint density at radius 3 is 2.79 bits per heavy atom. The maximum absolute atomic E-state index is 12.8. The van der Waals surface area contributed by atoms with Crippen LogP contribution in [0.5, 0.6) is 5.75 Å². The summed E-state index contributed by atoms with van der Waals surface area (Å²) >= 11 is 6.10. The van der Waals surface area contributed by atoms with Crippen LogP contribution in [0.1, 0.15) is 38.8 Å². The normalized spacial score (nSPS) is 10.8. The summed E-state index contributed by atoms with van der Waals surface area (Å²) in [5, 5.41) is 8.18. The van der Waals surface area contributed by atoms with Crippen molar-refractivity contribution in [1.82, 2.24) is 9.78 Å². The van der Waals surface area contributed by atoms with Crippen LogP contribution in [0.15, 0.2) is 77.7 Å². The van der Waals surface area contributed by atoms with Gasteiger partial charge in [0.2, 0.25) is 0 Å². The Bertz CT molecular complexity index is 1320. The maximum atomic E-state index is 12.8. The predicted molar refractivity (Wildman–Crippen MR) is 134 cm³/mol. The van der Waals surface area contributed by atoms with Crippen LogP contribution in [-0.4, -0.2) is 15.7 Å². The number of aromatic nitrogens is 2. The van der Waals surface area contributed by atoms with E-state index in [1.807, 2.05) is 73.1 Å². The van der Waals surface area contributed by atoms with E-state index in [-0.39, 0.29) is 18.3 Å². The van der Waals surface area contributed by atoms with Crippen LogP contribution in [0.4, 0.5) is 5.69 Å². The number of amides is 1. The molecule has 0 fully saturated rings. The highest BCUT2D eigenvalue weighted by Gasteiger charge is 2.18. The fraction of sp³-hybridized carbons (Fsp3) is 0.185. The lowest BCUT2D eigenvalue weighted by Crippen LogP contribution is -2.12. The van der Waals surface area contributed by atoms with Gasteiger partial charge < -0.3 is 14.5 Å². The molecule has 1 N–H and O–H groups in total. The van der Waals surface area contributed by atoms with Gasteiger partial charge in [-0.25, -0.2) is 0 Å². The Hall–Kier alpha value is -3.77. The standard InChI is InChI=1S/C27H26ClN3O3/c1-4-8-21-10-5-6-12-24(21)33-17-23-13-14-25(34-23)27(32)29-26-18(2)30-31(19(26)3)16-20-9-7-11-22(28)15-20/h4-7,9-15H,1,8,16-17H2,2-3H3,(H,29,32). The second-order valence-electron chi connectivity index (χ2n) is 7.94. The molecule has 0 aliphatic rings. The molecule has 0 unspecified atom stereocenters. The zero-order chi connectivity index (χ0) is 24.1. The minimum absolute atomic E-state index is 0.208. The number of halogens is 1. The van der Waals surface area contributed by atoms with E-state index in [1.165, 1.54) is 0 Å². The van der Waals surface area contributed by atoms with E-state index in [0.717, 1.165) is 28.3 Å². The van der Waals surface area contributed by atoms with Crippen molar-refractivity contribution >= 4 is 23.2 Å². The quantitative estimate of drug-likeness (QED) is 0.286. The number of hydrogen-bond donors (Lipinski definition) is 1. The summed E-state index contributed by atoms with van der Waals surface area (Å²) in [7, 11) is 0. The SMILES string of the molecule is C=CCc1ccccc1OCc1ccc(C(=O)Nc2c(C)nn(Cc3cccc(Cl)c3)c2C)o1. The number of carbonyl (C=O) groups excluding carboxylic acids is 1. The lowest BCUT2D eigenvalue weighted by Gasteiger charge is -2.09. The van der Waals surface area contributed by atoms with E-state index < -0.39 is 0 Å². The first-order valence-corrected chi connectivity index (χ1v) is 11.3. The number of nitrogens with one attached hydrogen (secondary N) is 1. The van der Waals surface area contributed by atoms with Gasteiger partial charge in [-0.05, 0) is 61.7 Å². The van der Waals surface area contributed by atoms with Crippen molar-refractivity contribution in [3.63, 3.8) is 0 Å². The molecule has 0 spiro atoms. The van der Waals surface area contributed by atoms with Crippen LogP contribution in [-0.2, 0) is 19.6 Å². The van der Waals surface area contributed by atoms with Gasteiger partial charge in [0.05, 0.1) is 23.6 Å². The van der Waals surface area contributed by atoms with Gasteiger partial charge in [0.15, 0.2) is 5.76 Å². The Balaban J connectivity index is 1.42. The molecule has 2 aromatic heterocycles. The Morgan fingerprint density at radius 1 is 1.18 bits per heavy atom. The highest BCUT2D eigenvalue weighted by atomic mass is 35.5. The van der Waals surface area contributed by atoms with Crippen LogP contribution in [0.2, 0.25) is 5.02 Å². The number of ether oxygens (including phenoxy) is 1. The van der Waals surface area contributed by atoms with Crippen molar-refractivity contribution in [2.75, 3.05) is 5.32 Å². The number of aryl methyl sites for hydroxylation is 1. The topological polar surface area (TPSA) is 69.3 Å². The molecular formula is C27H26ClN3O3. The van der Waals surface area contributed by atoms with Crippen LogP contribution >= 0.6 is 11.6 Å². The largest absolute Gasteiger partial charge is 0.485 e. The van der Waals surface area contributed by atoms with Gasteiger partial charge in [-0.2, -0.15) is 5.10 Å². The van der Waals surface area contributed by atoms with E-state index >= 15 is 0 Å². The molecule has 0 saturated heterocycles. The first kappa shape index (κ1) is 23.4. The van der Waals surface area contributed by atoms with Crippen molar-refractivity contribution in [3.8, 4) is 5.75 Å². The molecule has 1 amide bonds. The van der Waals surface area contributed by atoms with Crippen molar-refractivity contribution in [2.24, 2.45) is 0 Å². The van der Waals surface area contributed by atoms with Crippen LogP contribution in [0, 0.1) is 13.8 Å². The number of nitrogens with zero attached hydrogens (tertiary/aromatic N) is 2. The fourth-order valence-corrected chi connectivity index (χ4v) is 3.92. The van der Waals surface area contributed by atoms with Gasteiger partial charge in [-0.15, -0.1) is 6.58 Å². The fourth-order valence-electron chi connectivity index (χ4n) is 3.71. The molecular weight excluding hydrogens is 450 g/mol. The summed E-state index contributed by atoms with van der Waals surface area (Å²) < 4.78 is 13.5. The minimum atomic E-state index is -0.341. The molecule has 0 aliphatic carbocycles. The van der Waals surface area contributed by atoms with Gasteiger partial charge in [0, 0.05) is 5.02 Å². The van der Waals surface area contributed by atoms with Gasteiger partial charge in [0.25, 0.3) is 5.91 Å². The lowest BCUT2D eigenvalue weighted by molar-refractivity contribution is 0.0992. The molecule has 2 heterocycles. The smallest absolute Gasteiger partial charge is 0.291 e.